The highest BCUT2D eigenvalue weighted by Crippen LogP contribution is 2.28. The quantitative estimate of drug-likeness (QED) is 0.597. The number of benzene rings is 2. The molecule has 2 heterocycles. The number of amides is 1. The largest absolute Gasteiger partial charge is 0.416 e. The second-order valence-corrected chi connectivity index (χ2v) is 6.40. The Bertz CT molecular complexity index is 936. The zero-order valence-electron chi connectivity index (χ0n) is 15.2. The van der Waals surface area contributed by atoms with Crippen LogP contribution in [0.25, 0.3) is 0 Å². The fourth-order valence-corrected chi connectivity index (χ4v) is 2.97. The van der Waals surface area contributed by atoms with Crippen LogP contribution in [0.3, 0.4) is 0 Å². The SMILES string of the molecule is Cc1oncc1C(=O)N1CCc2ccccc2C1.FC(F)(F)c1ccccc1. The van der Waals surface area contributed by atoms with Crippen LogP contribution in [0.15, 0.2) is 65.3 Å². The summed E-state index contributed by atoms with van der Waals surface area (Å²) in [5.74, 6) is 0.585. The highest BCUT2D eigenvalue weighted by Gasteiger charge is 2.29. The molecule has 1 aromatic heterocycles. The van der Waals surface area contributed by atoms with E-state index in [1.165, 1.54) is 29.5 Å². The summed E-state index contributed by atoms with van der Waals surface area (Å²) >= 11 is 0. The van der Waals surface area contributed by atoms with Crippen LogP contribution in [-0.4, -0.2) is 22.5 Å². The van der Waals surface area contributed by atoms with Crippen LogP contribution < -0.4 is 0 Å². The van der Waals surface area contributed by atoms with E-state index in [1.54, 1.807) is 13.0 Å². The van der Waals surface area contributed by atoms with E-state index in [1.807, 2.05) is 17.0 Å². The second-order valence-electron chi connectivity index (χ2n) is 6.40. The van der Waals surface area contributed by atoms with Gasteiger partial charge in [-0.1, -0.05) is 59.8 Å². The number of aryl methyl sites for hydroxylation is 1. The van der Waals surface area contributed by atoms with Gasteiger partial charge in [-0.15, -0.1) is 0 Å². The van der Waals surface area contributed by atoms with Gasteiger partial charge in [0, 0.05) is 13.1 Å². The van der Waals surface area contributed by atoms with E-state index in [9.17, 15) is 18.0 Å². The minimum absolute atomic E-state index is 0.00301. The highest BCUT2D eigenvalue weighted by molar-refractivity contribution is 5.94. The van der Waals surface area contributed by atoms with Crippen LogP contribution >= 0.6 is 0 Å². The van der Waals surface area contributed by atoms with Crippen LogP contribution in [0.2, 0.25) is 0 Å². The number of aromatic nitrogens is 1. The van der Waals surface area contributed by atoms with E-state index in [0.717, 1.165) is 25.1 Å². The van der Waals surface area contributed by atoms with Crippen molar-refractivity contribution in [2.45, 2.75) is 26.1 Å². The number of nitrogens with zero attached hydrogens (tertiary/aromatic N) is 2. The van der Waals surface area contributed by atoms with E-state index in [0.29, 0.717) is 17.9 Å². The zero-order chi connectivity index (χ0) is 20.1. The van der Waals surface area contributed by atoms with Gasteiger partial charge in [-0.05, 0) is 24.5 Å². The Morgan fingerprint density at radius 3 is 2.25 bits per heavy atom. The smallest absolute Gasteiger partial charge is 0.361 e. The second kappa shape index (κ2) is 8.29. The van der Waals surface area contributed by atoms with Gasteiger partial charge in [0.05, 0.1) is 11.8 Å². The summed E-state index contributed by atoms with van der Waals surface area (Å²) in [5.41, 5.74) is 2.53. The molecule has 0 bridgehead atoms. The number of alkyl halides is 3. The van der Waals surface area contributed by atoms with Crippen molar-refractivity contribution in [2.24, 2.45) is 0 Å². The molecule has 0 spiro atoms. The molecule has 1 aliphatic heterocycles. The van der Waals surface area contributed by atoms with Gasteiger partial charge in [-0.2, -0.15) is 13.2 Å². The van der Waals surface area contributed by atoms with Gasteiger partial charge < -0.3 is 9.42 Å². The first kappa shape index (κ1) is 19.7. The predicted octanol–water partition coefficient (Wildman–Crippen LogP) is 4.89. The van der Waals surface area contributed by atoms with E-state index >= 15 is 0 Å². The van der Waals surface area contributed by atoms with Crippen LogP contribution in [-0.2, 0) is 19.1 Å². The summed E-state index contributed by atoms with van der Waals surface area (Å²) in [6.07, 6.45) is -1.80. The van der Waals surface area contributed by atoms with Crippen molar-refractivity contribution in [2.75, 3.05) is 6.54 Å². The monoisotopic (exact) mass is 388 g/mol. The highest BCUT2D eigenvalue weighted by atomic mass is 19.4. The molecular weight excluding hydrogens is 369 g/mol. The normalized spacial score (nSPS) is 13.4. The molecule has 0 radical (unpaired) electrons. The maximum absolute atomic E-state index is 12.3. The lowest BCUT2D eigenvalue weighted by Crippen LogP contribution is -2.36. The molecule has 0 aliphatic carbocycles. The minimum atomic E-state index is -4.21. The average molecular weight is 388 g/mol. The summed E-state index contributed by atoms with van der Waals surface area (Å²) in [4.78, 5) is 14.2. The van der Waals surface area contributed by atoms with Gasteiger partial charge in [0.2, 0.25) is 0 Å². The number of hydrogen-bond acceptors (Lipinski definition) is 3. The maximum atomic E-state index is 12.3. The van der Waals surface area contributed by atoms with Gasteiger partial charge in [0.25, 0.3) is 5.91 Å². The number of fused-ring (bicyclic) bond motifs is 1. The Labute approximate surface area is 160 Å². The summed E-state index contributed by atoms with van der Waals surface area (Å²) in [6.45, 7) is 3.18. The Morgan fingerprint density at radius 2 is 1.68 bits per heavy atom. The number of rotatable bonds is 1. The van der Waals surface area contributed by atoms with Crippen LogP contribution in [0, 0.1) is 6.92 Å². The molecule has 4 rings (SSSR count). The third-order valence-electron chi connectivity index (χ3n) is 4.50. The summed E-state index contributed by atoms with van der Waals surface area (Å²) < 4.78 is 40.3. The summed E-state index contributed by atoms with van der Waals surface area (Å²) in [6, 6.07) is 14.6. The molecule has 7 heteroatoms. The first-order valence-corrected chi connectivity index (χ1v) is 8.76. The molecule has 2 aromatic carbocycles. The molecule has 3 aromatic rings. The Balaban J connectivity index is 0.000000192. The van der Waals surface area contributed by atoms with Crippen molar-refractivity contribution in [1.29, 1.82) is 0 Å². The molecular formula is C21H19F3N2O2. The van der Waals surface area contributed by atoms with Crippen molar-refractivity contribution in [3.63, 3.8) is 0 Å². The molecule has 0 fully saturated rings. The van der Waals surface area contributed by atoms with E-state index < -0.39 is 11.7 Å². The third kappa shape index (κ3) is 4.60. The fraction of sp³-hybridized carbons (Fsp3) is 0.238. The van der Waals surface area contributed by atoms with Crippen molar-refractivity contribution in [1.82, 2.24) is 10.1 Å². The summed E-state index contributed by atoms with van der Waals surface area (Å²) in [5, 5.41) is 3.66. The average Bonchev–Trinajstić information content (AvgIpc) is 3.13. The zero-order valence-corrected chi connectivity index (χ0v) is 15.2. The standard InChI is InChI=1S/C14H14N2O2.C7H5F3/c1-10-13(8-15-18-10)14(17)16-7-6-11-4-2-3-5-12(11)9-16;8-7(9,10)6-4-2-1-3-5-6/h2-5,8H,6-7,9H2,1H3;1-5H. The molecule has 0 unspecified atom stereocenters. The predicted molar refractivity (Wildman–Crippen MR) is 97.6 cm³/mol. The van der Waals surface area contributed by atoms with E-state index in [2.05, 4.69) is 17.3 Å². The Kier molecular flexibility index (Phi) is 5.82. The van der Waals surface area contributed by atoms with Crippen molar-refractivity contribution in [3.8, 4) is 0 Å². The lowest BCUT2D eigenvalue weighted by Gasteiger charge is -2.28. The van der Waals surface area contributed by atoms with Crippen molar-refractivity contribution < 1.29 is 22.5 Å². The van der Waals surface area contributed by atoms with E-state index in [4.69, 9.17) is 4.52 Å². The molecule has 1 aliphatic rings. The summed E-state index contributed by atoms with van der Waals surface area (Å²) in [7, 11) is 0. The molecule has 0 saturated carbocycles. The van der Waals surface area contributed by atoms with Gasteiger partial charge in [0.15, 0.2) is 0 Å². The lowest BCUT2D eigenvalue weighted by atomic mass is 9.99. The first-order chi connectivity index (χ1) is 13.4. The van der Waals surface area contributed by atoms with Gasteiger partial charge in [0.1, 0.15) is 11.3 Å². The minimum Gasteiger partial charge on any atom is -0.361 e. The topological polar surface area (TPSA) is 46.3 Å². The van der Waals surface area contributed by atoms with Crippen LogP contribution in [0.5, 0.6) is 0 Å². The van der Waals surface area contributed by atoms with Crippen LogP contribution in [0.4, 0.5) is 13.2 Å². The Morgan fingerprint density at radius 1 is 1.04 bits per heavy atom. The first-order valence-electron chi connectivity index (χ1n) is 8.76. The van der Waals surface area contributed by atoms with Crippen molar-refractivity contribution in [3.05, 3.63) is 88.8 Å². The molecule has 0 atom stereocenters. The van der Waals surface area contributed by atoms with Crippen molar-refractivity contribution >= 4 is 5.91 Å². The number of carbonyl (C=O) groups is 1. The lowest BCUT2D eigenvalue weighted by molar-refractivity contribution is -0.137. The fourth-order valence-electron chi connectivity index (χ4n) is 2.97. The number of halogens is 3. The molecule has 0 N–H and O–H groups in total. The number of hydrogen-bond donors (Lipinski definition) is 0. The molecule has 0 saturated heterocycles. The van der Waals surface area contributed by atoms with Crippen LogP contribution in [0.1, 0.15) is 32.8 Å². The van der Waals surface area contributed by atoms with Gasteiger partial charge >= 0.3 is 6.18 Å². The Hall–Kier alpha value is -3.09. The molecule has 4 nitrogen and oxygen atoms in total. The van der Waals surface area contributed by atoms with Gasteiger partial charge in [-0.3, -0.25) is 4.79 Å². The number of carbonyl (C=O) groups excluding carboxylic acids is 1. The third-order valence-corrected chi connectivity index (χ3v) is 4.50. The maximum Gasteiger partial charge on any atom is 0.416 e. The molecule has 146 valence electrons. The van der Waals surface area contributed by atoms with E-state index in [-0.39, 0.29) is 5.91 Å². The van der Waals surface area contributed by atoms with Gasteiger partial charge in [-0.25, -0.2) is 0 Å². The molecule has 1 amide bonds. The molecule has 28 heavy (non-hydrogen) atoms.